The first kappa shape index (κ1) is 30.4. The zero-order valence-electron chi connectivity index (χ0n) is 21.4. The fourth-order valence-electron chi connectivity index (χ4n) is 3.13. The lowest BCUT2D eigenvalue weighted by molar-refractivity contribution is -0.142. The van der Waals surface area contributed by atoms with Crippen LogP contribution in [0.2, 0.25) is 0 Å². The third-order valence-electron chi connectivity index (χ3n) is 4.75. The standard InChI is InChI=1S/C20H24N2O5.C5H8.C2H6/c1-5-12(3)10-22-13(6-2)18(19(24)20(21)25)17-14(22)8-7-9-15(17)27-11-16(23)26-4;1-3-5-4-2;1-2/h5,7-9H,6,10-11H2,1-4H3,(H2,21,25);3-5H,1H2,2H3;1-2H3/b12-5+;5-4-;. The zero-order chi connectivity index (χ0) is 26.3. The third-order valence-corrected chi connectivity index (χ3v) is 4.75. The van der Waals surface area contributed by atoms with E-state index in [9.17, 15) is 14.4 Å². The lowest BCUT2D eigenvalue weighted by atomic mass is 10.0. The molecule has 1 aromatic carbocycles. The van der Waals surface area contributed by atoms with Gasteiger partial charge in [0.05, 0.1) is 23.6 Å². The monoisotopic (exact) mass is 470 g/mol. The van der Waals surface area contributed by atoms with Crippen molar-refractivity contribution in [1.29, 1.82) is 0 Å². The van der Waals surface area contributed by atoms with Gasteiger partial charge >= 0.3 is 5.97 Å². The number of aromatic nitrogens is 1. The lowest BCUT2D eigenvalue weighted by Crippen LogP contribution is -2.24. The number of fused-ring (bicyclic) bond motifs is 1. The van der Waals surface area contributed by atoms with Crippen LogP contribution >= 0.6 is 0 Å². The first-order valence-electron chi connectivity index (χ1n) is 11.3. The van der Waals surface area contributed by atoms with Gasteiger partial charge in [0.15, 0.2) is 6.61 Å². The predicted octanol–water partition coefficient (Wildman–Crippen LogP) is 5.16. The highest BCUT2D eigenvalue weighted by Gasteiger charge is 2.27. The highest BCUT2D eigenvalue weighted by molar-refractivity contribution is 6.45. The minimum atomic E-state index is -1.03. The topological polar surface area (TPSA) is 101 Å². The van der Waals surface area contributed by atoms with Crippen LogP contribution < -0.4 is 10.5 Å². The fourth-order valence-corrected chi connectivity index (χ4v) is 3.13. The molecule has 0 saturated carbocycles. The minimum absolute atomic E-state index is 0.226. The van der Waals surface area contributed by atoms with Gasteiger partial charge in [-0.3, -0.25) is 9.59 Å². The summed E-state index contributed by atoms with van der Waals surface area (Å²) in [7, 11) is 1.26. The van der Waals surface area contributed by atoms with Gasteiger partial charge in [0, 0.05) is 12.2 Å². The molecule has 0 saturated heterocycles. The number of nitrogens with zero attached hydrogens (tertiary/aromatic N) is 1. The van der Waals surface area contributed by atoms with Crippen LogP contribution in [0.5, 0.6) is 5.75 Å². The number of carbonyl (C=O) groups is 3. The van der Waals surface area contributed by atoms with E-state index in [0.717, 1.165) is 11.1 Å². The highest BCUT2D eigenvalue weighted by atomic mass is 16.6. The SMILES string of the molecule is C/C=C(\C)Cn1c(CC)c(C(=O)C(N)=O)c2c(OCC(=O)OC)cccc21.C=C/C=C\C.CC. The van der Waals surface area contributed by atoms with Gasteiger partial charge in [-0.2, -0.15) is 0 Å². The van der Waals surface area contributed by atoms with Crippen molar-refractivity contribution in [2.45, 2.75) is 54.5 Å². The Morgan fingerprint density at radius 1 is 1.18 bits per heavy atom. The van der Waals surface area contributed by atoms with E-state index in [-0.39, 0.29) is 12.2 Å². The molecule has 7 nitrogen and oxygen atoms in total. The molecule has 2 aromatic rings. The van der Waals surface area contributed by atoms with Crippen molar-refractivity contribution in [2.24, 2.45) is 5.73 Å². The van der Waals surface area contributed by atoms with Crippen molar-refractivity contribution in [3.8, 4) is 5.75 Å². The van der Waals surface area contributed by atoms with Gasteiger partial charge in [0.1, 0.15) is 5.75 Å². The molecule has 2 rings (SSSR count). The van der Waals surface area contributed by atoms with Crippen LogP contribution in [0.3, 0.4) is 0 Å². The maximum absolute atomic E-state index is 12.6. The maximum atomic E-state index is 12.6. The van der Waals surface area contributed by atoms with Crippen LogP contribution in [0.1, 0.15) is 57.6 Å². The number of amides is 1. The molecular weight excluding hydrogens is 432 g/mol. The number of rotatable bonds is 9. The first-order valence-corrected chi connectivity index (χ1v) is 11.3. The molecule has 0 unspecified atom stereocenters. The Labute approximate surface area is 202 Å². The molecule has 34 heavy (non-hydrogen) atoms. The molecule has 0 aliphatic heterocycles. The number of Topliss-reactive ketones (excluding diaryl/α,β-unsaturated/α-hetero) is 1. The summed E-state index contributed by atoms with van der Waals surface area (Å²) in [6, 6.07) is 5.27. The van der Waals surface area contributed by atoms with Gasteiger partial charge in [-0.25, -0.2) is 4.79 Å². The van der Waals surface area contributed by atoms with Crippen LogP contribution in [0.4, 0.5) is 0 Å². The van der Waals surface area contributed by atoms with Gasteiger partial charge in [0.2, 0.25) is 0 Å². The van der Waals surface area contributed by atoms with Crippen LogP contribution in [0, 0.1) is 0 Å². The van der Waals surface area contributed by atoms with Gasteiger partial charge in [-0.05, 0) is 39.3 Å². The molecule has 0 fully saturated rings. The summed E-state index contributed by atoms with van der Waals surface area (Å²) >= 11 is 0. The second-order valence-electron chi connectivity index (χ2n) is 6.87. The maximum Gasteiger partial charge on any atom is 0.343 e. The smallest absolute Gasteiger partial charge is 0.343 e. The summed E-state index contributed by atoms with van der Waals surface area (Å²) < 4.78 is 12.2. The Balaban J connectivity index is 0.00000138. The molecule has 0 bridgehead atoms. The quantitative estimate of drug-likeness (QED) is 0.179. The van der Waals surface area contributed by atoms with Crippen molar-refractivity contribution in [3.63, 3.8) is 0 Å². The second kappa shape index (κ2) is 16.1. The molecular formula is C27H38N2O5. The number of carbonyl (C=O) groups excluding carboxylic acids is 3. The molecule has 7 heteroatoms. The molecule has 1 amide bonds. The predicted molar refractivity (Wildman–Crippen MR) is 138 cm³/mol. The molecule has 0 spiro atoms. The van der Waals surface area contributed by atoms with Crippen molar-refractivity contribution < 1.29 is 23.9 Å². The van der Waals surface area contributed by atoms with E-state index < -0.39 is 17.7 Å². The Morgan fingerprint density at radius 3 is 2.26 bits per heavy atom. The van der Waals surface area contributed by atoms with Gasteiger partial charge in [-0.15, -0.1) is 0 Å². The number of ether oxygens (including phenoxy) is 2. The Hall–Kier alpha value is -3.61. The molecule has 1 heterocycles. The fraction of sp³-hybridized carbons (Fsp3) is 0.370. The summed E-state index contributed by atoms with van der Waals surface area (Å²) in [5.41, 5.74) is 8.05. The van der Waals surface area contributed by atoms with Crippen molar-refractivity contribution >= 4 is 28.6 Å². The van der Waals surface area contributed by atoms with E-state index in [0.29, 0.717) is 29.8 Å². The number of hydrogen-bond donors (Lipinski definition) is 1. The van der Waals surface area contributed by atoms with E-state index in [4.69, 9.17) is 10.5 Å². The number of allylic oxidation sites excluding steroid dienone is 5. The number of methoxy groups -OCH3 is 1. The summed E-state index contributed by atoms with van der Waals surface area (Å²) in [5.74, 6) is -2.03. The normalized spacial score (nSPS) is 10.6. The van der Waals surface area contributed by atoms with Crippen LogP contribution in [0.15, 0.2) is 54.7 Å². The van der Waals surface area contributed by atoms with Crippen LogP contribution in [0.25, 0.3) is 10.9 Å². The molecule has 1 aromatic heterocycles. The zero-order valence-corrected chi connectivity index (χ0v) is 21.4. The minimum Gasteiger partial charge on any atom is -0.481 e. The van der Waals surface area contributed by atoms with Gasteiger partial charge in [0.25, 0.3) is 11.7 Å². The highest BCUT2D eigenvalue weighted by Crippen LogP contribution is 2.35. The van der Waals surface area contributed by atoms with E-state index in [2.05, 4.69) is 11.3 Å². The first-order chi connectivity index (χ1) is 16.3. The Bertz CT molecular complexity index is 1040. The lowest BCUT2D eigenvalue weighted by Gasteiger charge is -2.11. The number of esters is 1. The molecule has 0 aliphatic carbocycles. The van der Waals surface area contributed by atoms with E-state index in [1.807, 2.05) is 70.4 Å². The average Bonchev–Trinajstić information content (AvgIpc) is 3.17. The summed E-state index contributed by atoms with van der Waals surface area (Å²) in [4.78, 5) is 35.7. The van der Waals surface area contributed by atoms with Crippen LogP contribution in [-0.2, 0) is 27.3 Å². The van der Waals surface area contributed by atoms with E-state index in [1.165, 1.54) is 7.11 Å². The van der Waals surface area contributed by atoms with E-state index in [1.54, 1.807) is 18.2 Å². The second-order valence-corrected chi connectivity index (χ2v) is 6.87. The van der Waals surface area contributed by atoms with Crippen LogP contribution in [-0.4, -0.2) is 35.9 Å². The van der Waals surface area contributed by atoms with Crippen molar-refractivity contribution in [2.75, 3.05) is 13.7 Å². The Morgan fingerprint density at radius 2 is 1.82 bits per heavy atom. The summed E-state index contributed by atoms with van der Waals surface area (Å²) in [5, 5.41) is 0.478. The summed E-state index contributed by atoms with van der Waals surface area (Å²) in [6.07, 6.45) is 8.09. The molecule has 0 aliphatic rings. The Kier molecular flexibility index (Phi) is 14.4. The molecule has 186 valence electrons. The van der Waals surface area contributed by atoms with E-state index >= 15 is 0 Å². The molecule has 0 radical (unpaired) electrons. The van der Waals surface area contributed by atoms with Gasteiger partial charge in [-0.1, -0.05) is 63.3 Å². The number of ketones is 1. The number of primary amides is 1. The molecule has 2 N–H and O–H groups in total. The van der Waals surface area contributed by atoms with Crippen molar-refractivity contribution in [3.05, 3.63) is 65.9 Å². The summed E-state index contributed by atoms with van der Waals surface area (Å²) in [6.45, 7) is 15.5. The third kappa shape index (κ3) is 8.06. The molecule has 0 atom stereocenters. The average molecular weight is 471 g/mol. The van der Waals surface area contributed by atoms with Crippen molar-refractivity contribution in [1.82, 2.24) is 4.57 Å². The largest absolute Gasteiger partial charge is 0.481 e. The number of nitrogens with two attached hydrogens (primary N) is 1. The number of benzene rings is 1. The number of hydrogen-bond acceptors (Lipinski definition) is 5. The van der Waals surface area contributed by atoms with Gasteiger partial charge < -0.3 is 19.8 Å².